The number of hydrogen-bond acceptors (Lipinski definition) is 34. The maximum absolute atomic E-state index is 11.6. The number of anilines is 12. The summed E-state index contributed by atoms with van der Waals surface area (Å²) < 4.78 is 84.1. The number of allylic oxidation sites excluding steroid dienone is 1. The van der Waals surface area contributed by atoms with Crippen molar-refractivity contribution in [1.82, 2.24) is 107 Å². The second-order valence-electron chi connectivity index (χ2n) is 36.4. The first-order valence-corrected chi connectivity index (χ1v) is 50.7. The molecule has 2 aliphatic carbocycles. The number of furan rings is 3. The molecule has 3 fully saturated rings. The predicted octanol–water partition coefficient (Wildman–Crippen LogP) is 23.1. The molecule has 0 bridgehead atoms. The number of rotatable bonds is 23. The van der Waals surface area contributed by atoms with Crippen molar-refractivity contribution in [2.45, 2.75) is 82.8 Å². The number of sulfone groups is 1. The molecule has 4 aliphatic rings. The minimum atomic E-state index is -2.91. The van der Waals surface area contributed by atoms with Crippen LogP contribution in [0, 0.1) is 6.92 Å². The summed E-state index contributed by atoms with van der Waals surface area (Å²) in [5.74, 6) is 7.06. The molecule has 25 aromatic rings. The lowest BCUT2D eigenvalue weighted by atomic mass is 9.86. The van der Waals surface area contributed by atoms with Gasteiger partial charge in [-0.25, -0.2) is 8.42 Å². The molecule has 150 heavy (non-hydrogen) atoms. The number of aromatic amines is 6. The van der Waals surface area contributed by atoms with E-state index in [0.717, 1.165) is 196 Å². The van der Waals surface area contributed by atoms with Gasteiger partial charge in [0, 0.05) is 143 Å². The molecule has 12 N–H and O–H groups in total. The molecule has 0 spiro atoms. The summed E-state index contributed by atoms with van der Waals surface area (Å²) in [6.07, 6.45) is 28.8. The van der Waals surface area contributed by atoms with E-state index in [1.54, 1.807) is 63.1 Å². The highest BCUT2D eigenvalue weighted by Gasteiger charge is 2.29. The van der Waals surface area contributed by atoms with Crippen molar-refractivity contribution in [2.24, 2.45) is 0 Å². The first-order chi connectivity index (χ1) is 73.8. The molecule has 41 heteroatoms. The van der Waals surface area contributed by atoms with E-state index in [0.29, 0.717) is 97.2 Å². The Hall–Kier alpha value is -18.9. The third-order valence-electron chi connectivity index (χ3n) is 26.3. The number of benzene rings is 7. The van der Waals surface area contributed by atoms with Crippen LogP contribution in [0.25, 0.3) is 138 Å². The lowest BCUT2D eigenvalue weighted by molar-refractivity contribution is -0.0793. The molecule has 0 unspecified atom stereocenters. The molecule has 0 atom stereocenters. The third kappa shape index (κ3) is 20.3. The molecule has 20 heterocycles. The van der Waals surface area contributed by atoms with Gasteiger partial charge in [0.2, 0.25) is 0 Å². The number of nitrogens with one attached hydrogen (secondary N) is 12. The van der Waals surface area contributed by atoms with Gasteiger partial charge in [-0.3, -0.25) is 60.5 Å². The highest BCUT2D eigenvalue weighted by Crippen LogP contribution is 2.42. The molecular formula is C109H95N27O13S. The van der Waals surface area contributed by atoms with Crippen LogP contribution in [0.2, 0.25) is 0 Å². The molecule has 1 saturated carbocycles. The van der Waals surface area contributed by atoms with E-state index in [2.05, 4.69) is 181 Å². The molecule has 0 radical (unpaired) electrons. The average Bonchev–Trinajstić information content (AvgIpc) is 1.66. The first kappa shape index (κ1) is 93.4. The van der Waals surface area contributed by atoms with Crippen LogP contribution in [-0.4, -0.2) is 172 Å². The number of aromatic nitrogens is 21. The first-order valence-electron chi connectivity index (χ1n) is 48.9. The zero-order valence-electron chi connectivity index (χ0n) is 80.7. The Balaban J connectivity index is 0.0000000961. The van der Waals surface area contributed by atoms with Gasteiger partial charge < -0.3 is 82.4 Å². The summed E-state index contributed by atoms with van der Waals surface area (Å²) in [6, 6.07) is 64.8. The van der Waals surface area contributed by atoms with Crippen molar-refractivity contribution in [3.05, 3.63) is 296 Å². The number of hydrogen-bond donors (Lipinski definition) is 12. The van der Waals surface area contributed by atoms with Gasteiger partial charge in [0.25, 0.3) is 0 Å². The number of ether oxygens (including phenoxy) is 5. The molecule has 40 nitrogen and oxygen atoms in total. The average molecular weight is 2020 g/mol. The van der Waals surface area contributed by atoms with E-state index >= 15 is 0 Å². The van der Waals surface area contributed by atoms with Crippen LogP contribution in [0.5, 0.6) is 17.2 Å². The Kier molecular flexibility index (Phi) is 26.0. The molecule has 18 aromatic heterocycles. The summed E-state index contributed by atoms with van der Waals surface area (Å²) in [5, 5.41) is 81.5. The fourth-order valence-electron chi connectivity index (χ4n) is 18.5. The van der Waals surface area contributed by atoms with Crippen molar-refractivity contribution < 1.29 is 58.9 Å². The Morgan fingerprint density at radius 2 is 0.760 bits per heavy atom. The number of H-pyrrole nitrogens is 6. The van der Waals surface area contributed by atoms with Gasteiger partial charge in [0.1, 0.15) is 87.5 Å². The van der Waals surface area contributed by atoms with E-state index in [4.69, 9.17) is 50.5 Å². The molecule has 0 amide bonds. The standard InChI is InChI=1S/C23H17N5O.C19H19N5O.C19H18N4O4S.C17H14N4O3.C17H16N4O3.C14H11N5O/c1-3-15-7-6-14(11-16(15)4-1)12-20-18-9-8-17(13-21(18)29-28-20)25-23-22-19(26-27-23)5-2-10-24-22;1-2-5-12(6-3-1)17-14-9-8-13(11-16(14)25-24-17)21-19-18-15(22-23-19)7-4-10-20-18;24-28(25)8-5-13(6-9-28)27-17-11-26-16-10-12(3-4-14(16)17)21-19-18-15(22-23-19)2-1-7-20-18;1-2-13-16(18-5-1)17(21-20-13)19-10-3-4-12-14(6-10)23-9-15(12)24-11-7-22-8-11;1-22-7-8-23-15-10-24-14-9-11(4-5-12(14)15)19-17-16-13(20-21-17)3-2-6-18-16;1-8-10-5-4-9(7-12(10)20-19-8)16-14-13-11(17-18-14)3-2-6-15-13/h1-2,4-11,13H,3,12H2,(H2,25,26,27);4,7-12H,1-3,5-6H2,(H2,21,22,23);1-4,7,10-11,13H,5-6,8-9H2,(H2,21,22,23);1-6,9,11H,7-8H2,(H2,19,20,21);2-6,9-10H,7-8H2,1H3,(H2,19,20,21);2-7H,1H3,(H2,16,17,18). The highest BCUT2D eigenvalue weighted by atomic mass is 32.2. The van der Waals surface area contributed by atoms with Crippen LogP contribution in [0.4, 0.5) is 69.0 Å². The normalized spacial score (nSPS) is 14.0. The Morgan fingerprint density at radius 3 is 1.19 bits per heavy atom. The van der Waals surface area contributed by atoms with E-state index in [1.807, 2.05) is 177 Å². The molecule has 750 valence electrons. The van der Waals surface area contributed by atoms with Crippen molar-refractivity contribution >= 4 is 217 Å². The molecule has 2 aliphatic heterocycles. The van der Waals surface area contributed by atoms with Gasteiger partial charge in [-0.15, -0.1) is 0 Å². The summed E-state index contributed by atoms with van der Waals surface area (Å²) >= 11 is 0. The maximum atomic E-state index is 11.6. The van der Waals surface area contributed by atoms with Crippen molar-refractivity contribution in [2.75, 3.05) is 76.9 Å². The minimum Gasteiger partial charge on any atom is -0.487 e. The van der Waals surface area contributed by atoms with Crippen LogP contribution < -0.4 is 46.1 Å². The van der Waals surface area contributed by atoms with Crippen molar-refractivity contribution in [3.63, 3.8) is 0 Å². The number of aryl methyl sites for hydroxylation is 1. The van der Waals surface area contributed by atoms with E-state index < -0.39 is 9.84 Å². The Labute approximate surface area is 850 Å². The SMILES string of the molecule is C1=Cc2cc(Cc3noc4cc(Nc5n[nH]c6cccnc56)ccc34)ccc2C1.COCCOc1coc2cc(Nc3n[nH]c4cccnc34)ccc12.Cc1noc2cc(Nc3n[nH]c4cccnc34)ccc12.O=S1(=O)CCC(Oc2coc3cc(Nc4n[nH]c5cccnc45)ccc23)CC1.c1cnc2c(Nc3ccc4c(C5CCCCC5)noc4c3)n[nH]c2c1.c1cnc2c(Nc3ccc4c(OC5COC5)coc4c3)n[nH]c2c1. The van der Waals surface area contributed by atoms with Gasteiger partial charge in [0.05, 0.1) is 97.7 Å². The number of nitrogens with zero attached hydrogens (tertiary/aromatic N) is 15. The Morgan fingerprint density at radius 1 is 0.380 bits per heavy atom. The molecule has 7 aromatic carbocycles. The van der Waals surface area contributed by atoms with Crippen LogP contribution in [0.3, 0.4) is 0 Å². The summed E-state index contributed by atoms with van der Waals surface area (Å²) in [6.45, 7) is 4.20. The van der Waals surface area contributed by atoms with Gasteiger partial charge in [-0.05, 0) is 201 Å². The van der Waals surface area contributed by atoms with Gasteiger partial charge >= 0.3 is 0 Å². The Bertz CT molecular complexity index is 9310. The maximum Gasteiger partial charge on any atom is 0.178 e. The summed E-state index contributed by atoms with van der Waals surface area (Å²) in [7, 11) is -1.27. The van der Waals surface area contributed by atoms with Crippen LogP contribution in [-0.2, 0) is 32.2 Å². The smallest absolute Gasteiger partial charge is 0.178 e. The van der Waals surface area contributed by atoms with E-state index in [9.17, 15) is 8.42 Å². The number of pyridine rings is 6. The highest BCUT2D eigenvalue weighted by molar-refractivity contribution is 7.91. The van der Waals surface area contributed by atoms with Crippen LogP contribution >= 0.6 is 0 Å². The second kappa shape index (κ2) is 41.7. The summed E-state index contributed by atoms with van der Waals surface area (Å²) in [5.41, 5.74) is 26.7. The lowest BCUT2D eigenvalue weighted by Gasteiger charge is -2.26. The van der Waals surface area contributed by atoms with Crippen molar-refractivity contribution in [1.29, 1.82) is 0 Å². The quantitative estimate of drug-likeness (QED) is 0.0265. The van der Waals surface area contributed by atoms with Crippen molar-refractivity contribution in [3.8, 4) is 17.2 Å². The number of fused-ring (bicyclic) bond motifs is 13. The fourth-order valence-corrected chi connectivity index (χ4v) is 20.0. The van der Waals surface area contributed by atoms with Crippen LogP contribution in [0.1, 0.15) is 84.6 Å². The lowest BCUT2D eigenvalue weighted by Crippen LogP contribution is -2.38. The van der Waals surface area contributed by atoms with Gasteiger partial charge in [-0.1, -0.05) is 65.1 Å². The topological polar surface area (TPSA) is 519 Å². The molecular weight excluding hydrogens is 1930 g/mol. The largest absolute Gasteiger partial charge is 0.487 e. The van der Waals surface area contributed by atoms with Gasteiger partial charge in [0.15, 0.2) is 78.7 Å². The third-order valence-corrected chi connectivity index (χ3v) is 28.0. The van der Waals surface area contributed by atoms with Gasteiger partial charge in [-0.2, -0.15) is 30.6 Å². The second-order valence-corrected chi connectivity index (χ2v) is 38.7. The van der Waals surface area contributed by atoms with E-state index in [1.165, 1.54) is 48.8 Å². The predicted molar refractivity (Wildman–Crippen MR) is 571 cm³/mol. The fraction of sp³-hybridized carbons (Fsp3) is 0.183. The molecule has 2 saturated heterocycles. The number of methoxy groups -OCH3 is 1. The minimum absolute atomic E-state index is 0.108. The molecule has 29 rings (SSSR count). The zero-order valence-corrected chi connectivity index (χ0v) is 81.5. The monoisotopic (exact) mass is 2020 g/mol. The zero-order chi connectivity index (χ0) is 101. The van der Waals surface area contributed by atoms with Crippen LogP contribution in [0.15, 0.2) is 289 Å². The summed E-state index contributed by atoms with van der Waals surface area (Å²) in [4.78, 5) is 26.1. The van der Waals surface area contributed by atoms with E-state index in [-0.39, 0.29) is 23.7 Å².